The summed E-state index contributed by atoms with van der Waals surface area (Å²) in [6.45, 7) is 11.4. The fourth-order valence-electron chi connectivity index (χ4n) is 4.67. The van der Waals surface area contributed by atoms with E-state index in [1.165, 1.54) is 5.57 Å². The topological polar surface area (TPSA) is 135 Å². The van der Waals surface area contributed by atoms with E-state index >= 15 is 0 Å². The molecule has 4 rings (SSSR count). The average molecular weight is 541 g/mol. The Hall–Kier alpha value is -3.49. The molecule has 0 radical (unpaired) electrons. The molecule has 39 heavy (non-hydrogen) atoms. The number of aromatic nitrogens is 1. The Balaban J connectivity index is 0. The Kier molecular flexibility index (Phi) is 13.6. The molecule has 1 fully saturated rings. The second-order valence-electron chi connectivity index (χ2n) is 9.69. The van der Waals surface area contributed by atoms with Crippen molar-refractivity contribution in [1.29, 1.82) is 0 Å². The van der Waals surface area contributed by atoms with Gasteiger partial charge in [0, 0.05) is 8.90 Å². The van der Waals surface area contributed by atoms with Crippen LogP contribution in [0.4, 0.5) is 11.4 Å². The molecular weight excluding hydrogens is 488 g/mol. The Labute approximate surface area is 237 Å². The van der Waals surface area contributed by atoms with E-state index in [4.69, 9.17) is 5.73 Å². The van der Waals surface area contributed by atoms with Crippen LogP contribution in [-0.4, -0.2) is 40.8 Å². The fraction of sp³-hybridized carbons (Fsp3) is 0.452. The summed E-state index contributed by atoms with van der Waals surface area (Å²) in [5, 5.41) is 5.75. The van der Waals surface area contributed by atoms with Gasteiger partial charge < -0.3 is 22.5 Å². The van der Waals surface area contributed by atoms with E-state index in [-0.39, 0.29) is 33.9 Å². The SMILES string of the molecule is C.CC.Cc1ncc(NC(=O)CN2CCC[C@@H]2C)cc1NC(=O)/C(N)=C1\C=CC(C2=CC(C)CC=C2)=CC1.N.[HH].[HH]. The summed E-state index contributed by atoms with van der Waals surface area (Å²) in [7, 11) is 0. The van der Waals surface area contributed by atoms with Crippen molar-refractivity contribution in [2.45, 2.75) is 73.8 Å². The number of carbonyl (C=O) groups is 2. The van der Waals surface area contributed by atoms with Crippen LogP contribution in [0.15, 0.2) is 71.1 Å². The predicted octanol–water partition coefficient (Wildman–Crippen LogP) is 6.69. The zero-order chi connectivity index (χ0) is 26.9. The van der Waals surface area contributed by atoms with Crippen LogP contribution in [0, 0.1) is 12.8 Å². The van der Waals surface area contributed by atoms with Crippen LogP contribution in [0.25, 0.3) is 0 Å². The first-order valence-corrected chi connectivity index (χ1v) is 13.4. The highest BCUT2D eigenvalue weighted by Gasteiger charge is 2.22. The van der Waals surface area contributed by atoms with E-state index in [9.17, 15) is 9.59 Å². The Morgan fingerprint density at radius 1 is 1.15 bits per heavy atom. The largest absolute Gasteiger partial charge is 0.394 e. The lowest BCUT2D eigenvalue weighted by Gasteiger charge is -2.20. The van der Waals surface area contributed by atoms with Crippen molar-refractivity contribution in [3.63, 3.8) is 0 Å². The van der Waals surface area contributed by atoms with Gasteiger partial charge in [0.05, 0.1) is 29.8 Å². The molecule has 8 nitrogen and oxygen atoms in total. The van der Waals surface area contributed by atoms with Gasteiger partial charge in [0.1, 0.15) is 5.70 Å². The highest BCUT2D eigenvalue weighted by Crippen LogP contribution is 2.28. The molecule has 0 saturated carbocycles. The number of hydrogen-bond acceptors (Lipinski definition) is 6. The monoisotopic (exact) mass is 540 g/mol. The molecule has 0 aromatic carbocycles. The van der Waals surface area contributed by atoms with Crippen LogP contribution in [0.2, 0.25) is 0 Å². The van der Waals surface area contributed by atoms with Crippen molar-refractivity contribution in [3.05, 3.63) is 76.8 Å². The smallest absolute Gasteiger partial charge is 0.271 e. The number of nitrogens with one attached hydrogen (secondary N) is 2. The second kappa shape index (κ2) is 15.8. The first kappa shape index (κ1) is 33.5. The van der Waals surface area contributed by atoms with Crippen LogP contribution >= 0.6 is 0 Å². The maximum absolute atomic E-state index is 12.9. The van der Waals surface area contributed by atoms with Crippen LogP contribution in [0.5, 0.6) is 0 Å². The maximum atomic E-state index is 12.9. The number of rotatable bonds is 6. The van der Waals surface area contributed by atoms with Gasteiger partial charge in [-0.2, -0.15) is 0 Å². The molecular formula is C31H52N6O2. The minimum absolute atomic E-state index is 0. The molecule has 3 aliphatic rings. The summed E-state index contributed by atoms with van der Waals surface area (Å²) < 4.78 is 0. The number of carbonyl (C=O) groups excluding carboxylic acids is 2. The zero-order valence-electron chi connectivity index (χ0n) is 23.5. The van der Waals surface area contributed by atoms with Crippen molar-refractivity contribution >= 4 is 23.2 Å². The second-order valence-corrected chi connectivity index (χ2v) is 9.69. The molecule has 1 unspecified atom stereocenters. The number of allylic oxidation sites excluding steroid dienone is 9. The van der Waals surface area contributed by atoms with Gasteiger partial charge in [-0.1, -0.05) is 64.7 Å². The molecule has 2 heterocycles. The molecule has 1 aliphatic heterocycles. The third kappa shape index (κ3) is 9.04. The van der Waals surface area contributed by atoms with E-state index in [1.54, 1.807) is 19.2 Å². The number of nitrogens with two attached hydrogens (primary N) is 1. The summed E-state index contributed by atoms with van der Waals surface area (Å²) in [5.74, 6) is 0.0556. The number of aryl methyl sites for hydroxylation is 1. The first-order chi connectivity index (χ1) is 17.8. The van der Waals surface area contributed by atoms with E-state index in [1.807, 2.05) is 26.0 Å². The van der Waals surface area contributed by atoms with Crippen molar-refractivity contribution in [1.82, 2.24) is 16.0 Å². The number of pyridine rings is 1. The van der Waals surface area contributed by atoms with Crippen LogP contribution in [0.1, 0.15) is 69.4 Å². The number of nitrogens with zero attached hydrogens (tertiary/aromatic N) is 2. The number of anilines is 2. The Morgan fingerprint density at radius 2 is 1.90 bits per heavy atom. The quantitative estimate of drug-likeness (QED) is 0.297. The molecule has 0 bridgehead atoms. The fourth-order valence-corrected chi connectivity index (χ4v) is 4.67. The van der Waals surface area contributed by atoms with E-state index in [0.717, 1.165) is 37.0 Å². The third-order valence-electron chi connectivity index (χ3n) is 6.86. The van der Waals surface area contributed by atoms with Gasteiger partial charge in [-0.25, -0.2) is 0 Å². The Bertz CT molecular complexity index is 1170. The molecule has 7 N–H and O–H groups in total. The molecule has 1 aromatic heterocycles. The van der Waals surface area contributed by atoms with Crippen molar-refractivity contribution < 1.29 is 12.4 Å². The molecule has 1 aromatic rings. The summed E-state index contributed by atoms with van der Waals surface area (Å²) in [6.07, 6.45) is 18.1. The number of amides is 2. The lowest BCUT2D eigenvalue weighted by Crippen LogP contribution is -2.35. The van der Waals surface area contributed by atoms with Gasteiger partial charge in [0.2, 0.25) is 5.91 Å². The average Bonchev–Trinajstić information content (AvgIpc) is 3.30. The standard InChI is InChI=1S/C28H35N5O2.C2H6.CH4.H3N.2H2/c1-18-6-4-8-23(14-18)21-9-11-22(12-10-21)27(29)28(35)32-25-15-24(16-30-20(25)3)31-26(34)17-33-13-5-7-19(33)2;1-2;;;;/h4,8-11,14-16,18-19H,5-7,12-13,17,29H2,1-3H3,(H,31,34)(H,32,35);1-2H3;1H4;1H3;2*1H/b27-22-;;;;;/t18?,19-;;;;;/m0...../s1. The van der Waals surface area contributed by atoms with Crippen LogP contribution in [0.3, 0.4) is 0 Å². The van der Waals surface area contributed by atoms with Crippen molar-refractivity contribution in [3.8, 4) is 0 Å². The minimum Gasteiger partial charge on any atom is -0.394 e. The highest BCUT2D eigenvalue weighted by molar-refractivity contribution is 6.04. The van der Waals surface area contributed by atoms with Gasteiger partial charge in [0.15, 0.2) is 0 Å². The molecule has 2 atom stereocenters. The third-order valence-corrected chi connectivity index (χ3v) is 6.86. The Morgan fingerprint density at radius 3 is 2.51 bits per heavy atom. The molecule has 0 spiro atoms. The highest BCUT2D eigenvalue weighted by atomic mass is 16.2. The molecule has 218 valence electrons. The number of likely N-dealkylation sites (tertiary alicyclic amines) is 1. The molecule has 2 aliphatic carbocycles. The maximum Gasteiger partial charge on any atom is 0.271 e. The van der Waals surface area contributed by atoms with Crippen LogP contribution in [-0.2, 0) is 9.59 Å². The van der Waals surface area contributed by atoms with Gasteiger partial charge in [-0.15, -0.1) is 0 Å². The van der Waals surface area contributed by atoms with Gasteiger partial charge >= 0.3 is 0 Å². The van der Waals surface area contributed by atoms with Crippen LogP contribution < -0.4 is 22.5 Å². The normalized spacial score (nSPS) is 21.3. The number of hydrogen-bond donors (Lipinski definition) is 4. The summed E-state index contributed by atoms with van der Waals surface area (Å²) in [6, 6.07) is 2.14. The van der Waals surface area contributed by atoms with Crippen molar-refractivity contribution in [2.24, 2.45) is 11.7 Å². The summed E-state index contributed by atoms with van der Waals surface area (Å²) in [4.78, 5) is 31.9. The van der Waals surface area contributed by atoms with Gasteiger partial charge in [0.25, 0.3) is 5.91 Å². The molecule has 2 amide bonds. The summed E-state index contributed by atoms with van der Waals surface area (Å²) >= 11 is 0. The van der Waals surface area contributed by atoms with E-state index < -0.39 is 0 Å². The van der Waals surface area contributed by atoms with E-state index in [2.05, 4.69) is 58.7 Å². The van der Waals surface area contributed by atoms with Gasteiger partial charge in [-0.3, -0.25) is 19.5 Å². The lowest BCUT2D eigenvalue weighted by molar-refractivity contribution is -0.117. The summed E-state index contributed by atoms with van der Waals surface area (Å²) in [5.41, 5.74) is 11.2. The van der Waals surface area contributed by atoms with Crippen molar-refractivity contribution in [2.75, 3.05) is 23.7 Å². The predicted molar refractivity (Wildman–Crippen MR) is 168 cm³/mol. The molecule has 8 heteroatoms. The lowest BCUT2D eigenvalue weighted by atomic mass is 9.89. The van der Waals surface area contributed by atoms with Gasteiger partial charge in [-0.05, 0) is 74.8 Å². The zero-order valence-corrected chi connectivity index (χ0v) is 23.5. The molecule has 1 saturated heterocycles. The van der Waals surface area contributed by atoms with E-state index in [0.29, 0.717) is 42.0 Å². The first-order valence-electron chi connectivity index (χ1n) is 13.4. The minimum atomic E-state index is -0.383.